The van der Waals surface area contributed by atoms with Crippen molar-refractivity contribution in [2.75, 3.05) is 6.61 Å². The minimum absolute atomic E-state index is 0.595. The molecule has 0 unspecified atom stereocenters. The van der Waals surface area contributed by atoms with Crippen LogP contribution in [0.25, 0.3) is 0 Å². The lowest BCUT2D eigenvalue weighted by Crippen LogP contribution is -1.97. The van der Waals surface area contributed by atoms with Crippen LogP contribution in [0.4, 0.5) is 5.69 Å². The Bertz CT molecular complexity index is 686. The van der Waals surface area contributed by atoms with E-state index in [0.29, 0.717) is 11.6 Å². The van der Waals surface area contributed by atoms with Gasteiger partial charge < -0.3 is 4.74 Å². The van der Waals surface area contributed by atoms with Crippen molar-refractivity contribution in [2.45, 2.75) is 13.8 Å². The second-order valence-corrected chi connectivity index (χ2v) is 6.63. The van der Waals surface area contributed by atoms with Gasteiger partial charge in [0.1, 0.15) is 5.75 Å². The molecule has 2 aromatic carbocycles. The lowest BCUT2D eigenvalue weighted by molar-refractivity contribution is 0.337. The van der Waals surface area contributed by atoms with E-state index in [1.807, 2.05) is 44.2 Å². The van der Waals surface area contributed by atoms with Crippen LogP contribution in [0, 0.1) is 6.92 Å². The molecular formula is C16H14Br2ClNO. The molecule has 0 atom stereocenters. The topological polar surface area (TPSA) is 21.6 Å². The number of hydrogen-bond acceptors (Lipinski definition) is 2. The van der Waals surface area contributed by atoms with E-state index in [2.05, 4.69) is 36.9 Å². The van der Waals surface area contributed by atoms with Crippen LogP contribution in [0.5, 0.6) is 5.75 Å². The van der Waals surface area contributed by atoms with Gasteiger partial charge in [-0.3, -0.25) is 4.99 Å². The van der Waals surface area contributed by atoms with Gasteiger partial charge in [-0.1, -0.05) is 33.6 Å². The average molecular weight is 432 g/mol. The molecule has 0 heterocycles. The molecule has 21 heavy (non-hydrogen) atoms. The zero-order chi connectivity index (χ0) is 15.4. The number of benzene rings is 2. The summed E-state index contributed by atoms with van der Waals surface area (Å²) in [5, 5.41) is 0.674. The Morgan fingerprint density at radius 2 is 2.00 bits per heavy atom. The van der Waals surface area contributed by atoms with E-state index < -0.39 is 0 Å². The number of aryl methyl sites for hydroxylation is 1. The largest absolute Gasteiger partial charge is 0.492 e. The van der Waals surface area contributed by atoms with Crippen LogP contribution in [-0.2, 0) is 0 Å². The van der Waals surface area contributed by atoms with Gasteiger partial charge in [-0.25, -0.2) is 0 Å². The monoisotopic (exact) mass is 429 g/mol. The summed E-state index contributed by atoms with van der Waals surface area (Å²) in [6.07, 6.45) is 1.79. The number of hydrogen-bond donors (Lipinski definition) is 0. The third kappa shape index (κ3) is 4.31. The van der Waals surface area contributed by atoms with Gasteiger partial charge in [0.15, 0.2) is 0 Å². The lowest BCUT2D eigenvalue weighted by Gasteiger charge is -2.10. The molecule has 5 heteroatoms. The average Bonchev–Trinajstić information content (AvgIpc) is 2.43. The smallest absolute Gasteiger partial charge is 0.142 e. The Morgan fingerprint density at radius 3 is 2.71 bits per heavy atom. The van der Waals surface area contributed by atoms with E-state index in [1.54, 1.807) is 6.21 Å². The molecule has 0 bridgehead atoms. The molecule has 0 aromatic heterocycles. The highest BCUT2D eigenvalue weighted by molar-refractivity contribution is 9.11. The molecule has 0 aliphatic carbocycles. The summed E-state index contributed by atoms with van der Waals surface area (Å²) in [6, 6.07) is 9.58. The normalized spacial score (nSPS) is 11.1. The molecule has 0 aliphatic heterocycles. The molecule has 0 amide bonds. The Morgan fingerprint density at radius 1 is 1.24 bits per heavy atom. The van der Waals surface area contributed by atoms with Crippen molar-refractivity contribution < 1.29 is 4.74 Å². The summed E-state index contributed by atoms with van der Waals surface area (Å²) in [7, 11) is 0. The van der Waals surface area contributed by atoms with E-state index in [4.69, 9.17) is 16.3 Å². The molecule has 2 aromatic rings. The Hall–Kier alpha value is -0.840. The van der Waals surface area contributed by atoms with Gasteiger partial charge in [0, 0.05) is 21.3 Å². The first-order valence-corrected chi connectivity index (χ1v) is 8.39. The maximum atomic E-state index is 6.02. The molecule has 0 N–H and O–H groups in total. The molecule has 110 valence electrons. The van der Waals surface area contributed by atoms with E-state index in [1.165, 1.54) is 0 Å². The van der Waals surface area contributed by atoms with Crippen LogP contribution in [0.15, 0.2) is 44.3 Å². The third-order valence-corrected chi connectivity index (χ3v) is 4.12. The first-order chi connectivity index (χ1) is 10.0. The summed E-state index contributed by atoms with van der Waals surface area (Å²) in [5.74, 6) is 0.782. The zero-order valence-electron chi connectivity index (χ0n) is 11.7. The van der Waals surface area contributed by atoms with Crippen LogP contribution in [0.1, 0.15) is 18.1 Å². The van der Waals surface area contributed by atoms with Gasteiger partial charge in [0.25, 0.3) is 0 Å². The third-order valence-electron chi connectivity index (χ3n) is 2.84. The summed E-state index contributed by atoms with van der Waals surface area (Å²) in [5.41, 5.74) is 2.82. The standard InChI is InChI=1S/C16H14Br2ClNO/c1-3-21-16-11(6-12(17)7-14(16)18)9-20-15-8-13(19)5-4-10(15)2/h4-9H,3H2,1-2H3. The van der Waals surface area contributed by atoms with Crippen molar-refractivity contribution in [1.29, 1.82) is 0 Å². The molecule has 0 aliphatic rings. The predicted molar refractivity (Wildman–Crippen MR) is 96.5 cm³/mol. The van der Waals surface area contributed by atoms with Crippen LogP contribution >= 0.6 is 43.5 Å². The molecule has 0 saturated carbocycles. The van der Waals surface area contributed by atoms with Crippen LogP contribution in [0.3, 0.4) is 0 Å². The number of aliphatic imine (C=N–C) groups is 1. The van der Waals surface area contributed by atoms with Gasteiger partial charge in [-0.05, 0) is 59.6 Å². The van der Waals surface area contributed by atoms with Crippen LogP contribution < -0.4 is 4.74 Å². The minimum atomic E-state index is 0.595. The first kappa shape index (κ1) is 16.5. The van der Waals surface area contributed by atoms with Gasteiger partial charge in [0.05, 0.1) is 16.8 Å². The molecule has 2 rings (SSSR count). The Kier molecular flexibility index (Phi) is 5.85. The fourth-order valence-electron chi connectivity index (χ4n) is 1.83. The first-order valence-electron chi connectivity index (χ1n) is 6.43. The molecular weight excluding hydrogens is 417 g/mol. The van der Waals surface area contributed by atoms with Crippen molar-refractivity contribution >= 4 is 55.4 Å². The Balaban J connectivity index is 2.42. The maximum Gasteiger partial charge on any atom is 0.142 e. The predicted octanol–water partition coefficient (Wildman–Crippen LogP) is 6.32. The second-order valence-electron chi connectivity index (χ2n) is 4.43. The number of rotatable bonds is 4. The zero-order valence-corrected chi connectivity index (χ0v) is 15.6. The highest BCUT2D eigenvalue weighted by Crippen LogP contribution is 2.32. The molecule has 0 fully saturated rings. The maximum absolute atomic E-state index is 6.02. The second kappa shape index (κ2) is 7.43. The summed E-state index contributed by atoms with van der Waals surface area (Å²) in [4.78, 5) is 4.53. The van der Waals surface area contributed by atoms with E-state index >= 15 is 0 Å². The van der Waals surface area contributed by atoms with E-state index in [0.717, 1.165) is 31.5 Å². The van der Waals surface area contributed by atoms with Crippen molar-refractivity contribution in [3.8, 4) is 5.75 Å². The summed E-state index contributed by atoms with van der Waals surface area (Å²) in [6.45, 7) is 4.55. The van der Waals surface area contributed by atoms with E-state index in [9.17, 15) is 0 Å². The highest BCUT2D eigenvalue weighted by atomic mass is 79.9. The van der Waals surface area contributed by atoms with Crippen molar-refractivity contribution in [3.05, 3.63) is 55.4 Å². The van der Waals surface area contributed by atoms with Crippen molar-refractivity contribution in [1.82, 2.24) is 0 Å². The fraction of sp³-hybridized carbons (Fsp3) is 0.188. The van der Waals surface area contributed by atoms with Crippen LogP contribution in [0.2, 0.25) is 5.02 Å². The Labute approximate surface area is 146 Å². The van der Waals surface area contributed by atoms with E-state index in [-0.39, 0.29) is 0 Å². The number of nitrogens with zero attached hydrogens (tertiary/aromatic N) is 1. The highest BCUT2D eigenvalue weighted by Gasteiger charge is 2.08. The van der Waals surface area contributed by atoms with Gasteiger partial charge >= 0.3 is 0 Å². The molecule has 0 saturated heterocycles. The quantitative estimate of drug-likeness (QED) is 0.519. The summed E-state index contributed by atoms with van der Waals surface area (Å²) >= 11 is 13.0. The molecule has 0 spiro atoms. The lowest BCUT2D eigenvalue weighted by atomic mass is 10.2. The SMILES string of the molecule is CCOc1c(Br)cc(Br)cc1C=Nc1cc(Cl)ccc1C. The van der Waals surface area contributed by atoms with Gasteiger partial charge in [-0.15, -0.1) is 0 Å². The van der Waals surface area contributed by atoms with Crippen LogP contribution in [-0.4, -0.2) is 12.8 Å². The number of ether oxygens (including phenoxy) is 1. The minimum Gasteiger partial charge on any atom is -0.492 e. The fourth-order valence-corrected chi connectivity index (χ4v) is 3.37. The van der Waals surface area contributed by atoms with Crippen molar-refractivity contribution in [2.24, 2.45) is 4.99 Å². The van der Waals surface area contributed by atoms with Gasteiger partial charge in [0.2, 0.25) is 0 Å². The van der Waals surface area contributed by atoms with Crippen molar-refractivity contribution in [3.63, 3.8) is 0 Å². The molecule has 0 radical (unpaired) electrons. The number of halogens is 3. The van der Waals surface area contributed by atoms with Gasteiger partial charge in [-0.2, -0.15) is 0 Å². The molecule has 2 nitrogen and oxygen atoms in total. The summed E-state index contributed by atoms with van der Waals surface area (Å²) < 4.78 is 7.53.